The number of rotatable bonds is 3. The first kappa shape index (κ1) is 7.88. The van der Waals surface area contributed by atoms with E-state index in [4.69, 9.17) is 10.2 Å². The maximum absolute atomic E-state index is 8.72. The van der Waals surface area contributed by atoms with Crippen LogP contribution in [-0.4, -0.2) is 29.2 Å². The van der Waals surface area contributed by atoms with E-state index in [1.807, 2.05) is 0 Å². The molecule has 0 radical (unpaired) electrons. The van der Waals surface area contributed by atoms with Gasteiger partial charge in [0.2, 0.25) is 0 Å². The van der Waals surface area contributed by atoms with Crippen LogP contribution in [0.3, 0.4) is 0 Å². The van der Waals surface area contributed by atoms with E-state index in [9.17, 15) is 0 Å². The van der Waals surface area contributed by atoms with E-state index in [-0.39, 0.29) is 12.9 Å². The molecule has 0 amide bonds. The fourth-order valence-electron chi connectivity index (χ4n) is 0.257. The van der Waals surface area contributed by atoms with Crippen LogP contribution >= 0.6 is 0 Å². The van der Waals surface area contributed by atoms with Gasteiger partial charge in [-0.3, -0.25) is 0 Å². The van der Waals surface area contributed by atoms with Crippen molar-refractivity contribution in [2.75, 3.05) is 6.79 Å². The van der Waals surface area contributed by atoms with Crippen molar-refractivity contribution in [3.63, 3.8) is 0 Å². The molecule has 50 valence electrons. The summed E-state index contributed by atoms with van der Waals surface area (Å²) in [6.07, 6.45) is -0.790. The smallest absolute Gasteiger partial charge is 0.144 e. The monoisotopic (exact) mass is 120 g/mol. The minimum Gasteiger partial charge on any atom is -0.391 e. The quantitative estimate of drug-likeness (QED) is 0.504. The second-order valence-electron chi connectivity index (χ2n) is 1.74. The molecule has 0 saturated heterocycles. The van der Waals surface area contributed by atoms with Crippen molar-refractivity contribution in [1.29, 1.82) is 0 Å². The summed E-state index contributed by atoms with van der Waals surface area (Å²) in [5.41, 5.74) is 0. The zero-order valence-electron chi connectivity index (χ0n) is 5.16. The predicted octanol–water partition coefficient (Wildman–Crippen LogP) is -0.278. The fraction of sp³-hybridized carbons (Fsp3) is 1.00. The van der Waals surface area contributed by atoms with Gasteiger partial charge in [-0.15, -0.1) is 0 Å². The van der Waals surface area contributed by atoms with Gasteiger partial charge in [0.1, 0.15) is 6.79 Å². The van der Waals surface area contributed by atoms with Crippen molar-refractivity contribution in [1.82, 2.24) is 0 Å². The van der Waals surface area contributed by atoms with Gasteiger partial charge < -0.3 is 14.9 Å². The molecule has 3 heteroatoms. The lowest BCUT2D eigenvalue weighted by molar-refractivity contribution is -0.0848. The third kappa shape index (κ3) is 2.96. The van der Waals surface area contributed by atoms with E-state index in [0.717, 1.165) is 0 Å². The van der Waals surface area contributed by atoms with Crippen molar-refractivity contribution < 1.29 is 14.9 Å². The molecule has 0 bridgehead atoms. The summed E-state index contributed by atoms with van der Waals surface area (Å²) in [5.74, 6) is 0. The van der Waals surface area contributed by atoms with Crippen molar-refractivity contribution >= 4 is 0 Å². The Labute approximate surface area is 48.9 Å². The van der Waals surface area contributed by atoms with Crippen LogP contribution in [-0.2, 0) is 4.74 Å². The molecule has 0 aromatic rings. The number of hydrogen-bond acceptors (Lipinski definition) is 3. The summed E-state index contributed by atoms with van der Waals surface area (Å²) >= 11 is 0. The number of aliphatic hydroxyl groups excluding tert-OH is 2. The second-order valence-corrected chi connectivity index (χ2v) is 1.74. The van der Waals surface area contributed by atoms with Crippen molar-refractivity contribution in [3.05, 3.63) is 0 Å². The van der Waals surface area contributed by atoms with E-state index in [1.165, 1.54) is 0 Å². The normalized spacial score (nSPS) is 18.0. The molecule has 0 saturated carbocycles. The van der Waals surface area contributed by atoms with Crippen LogP contribution in [0.25, 0.3) is 0 Å². The third-order valence-corrected chi connectivity index (χ3v) is 1.02. The molecule has 0 aliphatic heterocycles. The van der Waals surface area contributed by atoms with Crippen LogP contribution in [0.1, 0.15) is 13.8 Å². The van der Waals surface area contributed by atoms with Crippen LogP contribution in [0.2, 0.25) is 0 Å². The Bertz CT molecular complexity index is 53.6. The molecule has 0 aliphatic carbocycles. The molecule has 8 heavy (non-hydrogen) atoms. The van der Waals surface area contributed by atoms with E-state index >= 15 is 0 Å². The highest BCUT2D eigenvalue weighted by atomic mass is 16.6. The average molecular weight is 120 g/mol. The highest BCUT2D eigenvalue weighted by molar-refractivity contribution is 4.54. The molecule has 0 rings (SSSR count). The molecule has 0 spiro atoms. The maximum atomic E-state index is 8.72. The number of hydrogen-bond donors (Lipinski definition) is 2. The van der Waals surface area contributed by atoms with Crippen molar-refractivity contribution in [2.45, 2.75) is 26.1 Å². The first-order valence-corrected chi connectivity index (χ1v) is 2.59. The predicted molar refractivity (Wildman–Crippen MR) is 29.3 cm³/mol. The molecular formula is C5H12O3. The topological polar surface area (TPSA) is 49.7 Å². The van der Waals surface area contributed by atoms with Gasteiger partial charge in [-0.25, -0.2) is 0 Å². The van der Waals surface area contributed by atoms with Gasteiger partial charge in [0.05, 0.1) is 12.2 Å². The SMILES string of the molecule is CC(O)[C@H](C)OCO. The summed E-state index contributed by atoms with van der Waals surface area (Å²) in [7, 11) is 0. The van der Waals surface area contributed by atoms with Crippen molar-refractivity contribution in [2.24, 2.45) is 0 Å². The van der Waals surface area contributed by atoms with Gasteiger partial charge in [0.25, 0.3) is 0 Å². The molecule has 0 aromatic carbocycles. The van der Waals surface area contributed by atoms with Crippen LogP contribution < -0.4 is 0 Å². The summed E-state index contributed by atoms with van der Waals surface area (Å²) < 4.78 is 4.61. The van der Waals surface area contributed by atoms with Crippen LogP contribution in [0.4, 0.5) is 0 Å². The Morgan fingerprint density at radius 2 is 2.00 bits per heavy atom. The molecule has 0 heterocycles. The molecule has 1 unspecified atom stereocenters. The van der Waals surface area contributed by atoms with Crippen LogP contribution in [0, 0.1) is 0 Å². The first-order valence-electron chi connectivity index (χ1n) is 2.59. The lowest BCUT2D eigenvalue weighted by Gasteiger charge is -2.12. The maximum Gasteiger partial charge on any atom is 0.144 e. The van der Waals surface area contributed by atoms with Gasteiger partial charge in [-0.1, -0.05) is 0 Å². The molecule has 0 aliphatic rings. The van der Waals surface area contributed by atoms with Crippen molar-refractivity contribution in [3.8, 4) is 0 Å². The van der Waals surface area contributed by atoms with Gasteiger partial charge in [0, 0.05) is 0 Å². The van der Waals surface area contributed by atoms with Gasteiger partial charge >= 0.3 is 0 Å². The van der Waals surface area contributed by atoms with Gasteiger partial charge in [0.15, 0.2) is 0 Å². The molecule has 2 N–H and O–H groups in total. The minimum atomic E-state index is -0.512. The molecule has 0 fully saturated rings. The lowest BCUT2D eigenvalue weighted by atomic mass is 10.3. The first-order chi connectivity index (χ1) is 3.68. The van der Waals surface area contributed by atoms with E-state index in [1.54, 1.807) is 13.8 Å². The van der Waals surface area contributed by atoms with Crippen LogP contribution in [0.15, 0.2) is 0 Å². The minimum absolute atomic E-state index is 0.278. The Balaban J connectivity index is 3.17. The highest BCUT2D eigenvalue weighted by Crippen LogP contribution is 1.94. The standard InChI is InChI=1S/C5H12O3/c1-4(7)5(2)8-3-6/h4-7H,3H2,1-2H3/t4?,5-/m0/s1. The lowest BCUT2D eigenvalue weighted by Crippen LogP contribution is -2.22. The number of ether oxygens (including phenoxy) is 1. The molecule has 3 nitrogen and oxygen atoms in total. The average Bonchev–Trinajstić information content (AvgIpc) is 1.67. The number of aliphatic hydroxyl groups is 2. The summed E-state index contributed by atoms with van der Waals surface area (Å²) in [6.45, 7) is 2.98. The third-order valence-electron chi connectivity index (χ3n) is 1.02. The summed E-state index contributed by atoms with van der Waals surface area (Å²) in [4.78, 5) is 0. The molecular weight excluding hydrogens is 108 g/mol. The zero-order valence-corrected chi connectivity index (χ0v) is 5.16. The van der Waals surface area contributed by atoms with Crippen LogP contribution in [0.5, 0.6) is 0 Å². The Morgan fingerprint density at radius 3 is 2.12 bits per heavy atom. The molecule has 2 atom stereocenters. The highest BCUT2D eigenvalue weighted by Gasteiger charge is 2.06. The largest absolute Gasteiger partial charge is 0.391 e. The van der Waals surface area contributed by atoms with E-state index in [2.05, 4.69) is 4.74 Å². The fourth-order valence-corrected chi connectivity index (χ4v) is 0.257. The van der Waals surface area contributed by atoms with E-state index < -0.39 is 6.10 Å². The van der Waals surface area contributed by atoms with Gasteiger partial charge in [-0.05, 0) is 13.8 Å². The second kappa shape index (κ2) is 3.83. The van der Waals surface area contributed by atoms with E-state index in [0.29, 0.717) is 0 Å². The Morgan fingerprint density at radius 1 is 1.50 bits per heavy atom. The Hall–Kier alpha value is -0.120. The summed E-state index contributed by atoms with van der Waals surface area (Å²) in [6, 6.07) is 0. The summed E-state index contributed by atoms with van der Waals surface area (Å²) in [5, 5.41) is 16.9. The van der Waals surface area contributed by atoms with Gasteiger partial charge in [-0.2, -0.15) is 0 Å². The Kier molecular flexibility index (Phi) is 3.77. The molecule has 0 aromatic heterocycles. The zero-order chi connectivity index (χ0) is 6.57.